The Morgan fingerprint density at radius 2 is 2.18 bits per heavy atom. The Kier molecular flexibility index (Phi) is 3.69. The summed E-state index contributed by atoms with van der Waals surface area (Å²) in [4.78, 5) is 11.0. The van der Waals surface area contributed by atoms with Crippen LogP contribution < -0.4 is 4.74 Å². The largest absolute Gasteiger partial charge is 0.487 e. The van der Waals surface area contributed by atoms with E-state index >= 15 is 0 Å². The molecule has 0 radical (unpaired) electrons. The van der Waals surface area contributed by atoms with Crippen molar-refractivity contribution in [3.63, 3.8) is 0 Å². The molecule has 0 bridgehead atoms. The predicted octanol–water partition coefficient (Wildman–Crippen LogP) is 2.44. The summed E-state index contributed by atoms with van der Waals surface area (Å²) in [5.41, 5.74) is 0.118. The van der Waals surface area contributed by atoms with Crippen molar-refractivity contribution in [3.8, 4) is 5.75 Å². The van der Waals surface area contributed by atoms with Gasteiger partial charge in [-0.3, -0.25) is 0 Å². The van der Waals surface area contributed by atoms with Crippen molar-refractivity contribution >= 4 is 21.9 Å². The molecule has 2 unspecified atom stereocenters. The fourth-order valence-electron chi connectivity index (χ4n) is 1.98. The molecule has 0 spiro atoms. The van der Waals surface area contributed by atoms with E-state index in [1.807, 2.05) is 0 Å². The molecular weight excluding hydrogens is 288 g/mol. The fraction of sp³-hybridized carbons (Fsp3) is 0.417. The molecule has 1 aromatic carbocycles. The molecule has 17 heavy (non-hydrogen) atoms. The summed E-state index contributed by atoms with van der Waals surface area (Å²) >= 11 is 3.27. The van der Waals surface area contributed by atoms with Gasteiger partial charge >= 0.3 is 5.97 Å². The highest BCUT2D eigenvalue weighted by atomic mass is 79.9. The van der Waals surface area contributed by atoms with Crippen LogP contribution in [0.4, 0.5) is 0 Å². The van der Waals surface area contributed by atoms with Crippen molar-refractivity contribution in [2.75, 3.05) is 0 Å². The van der Waals surface area contributed by atoms with E-state index in [-0.39, 0.29) is 11.7 Å². The molecule has 1 aliphatic rings. The van der Waals surface area contributed by atoms with Crippen LogP contribution in [0.2, 0.25) is 0 Å². The molecular formula is C12H13BrO4. The number of benzene rings is 1. The fourth-order valence-corrected chi connectivity index (χ4v) is 2.32. The summed E-state index contributed by atoms with van der Waals surface area (Å²) in [5, 5.41) is 18.7. The highest BCUT2D eigenvalue weighted by molar-refractivity contribution is 9.10. The van der Waals surface area contributed by atoms with Crippen molar-refractivity contribution in [2.45, 2.75) is 31.5 Å². The van der Waals surface area contributed by atoms with Gasteiger partial charge in [0.15, 0.2) is 0 Å². The number of hydrogen-bond acceptors (Lipinski definition) is 3. The summed E-state index contributed by atoms with van der Waals surface area (Å²) in [5.74, 6) is -0.724. The number of aliphatic hydroxyl groups is 1. The Morgan fingerprint density at radius 1 is 1.41 bits per heavy atom. The van der Waals surface area contributed by atoms with Crippen LogP contribution >= 0.6 is 15.9 Å². The van der Waals surface area contributed by atoms with Gasteiger partial charge in [0.05, 0.1) is 6.10 Å². The second-order valence-corrected chi connectivity index (χ2v) is 5.02. The normalized spacial score (nSPS) is 23.6. The van der Waals surface area contributed by atoms with Gasteiger partial charge in [-0.15, -0.1) is 0 Å². The van der Waals surface area contributed by atoms with Crippen LogP contribution in [0.1, 0.15) is 29.6 Å². The Hall–Kier alpha value is -1.07. The second kappa shape index (κ2) is 5.06. The molecule has 1 saturated carbocycles. The minimum atomic E-state index is -1.03. The van der Waals surface area contributed by atoms with Gasteiger partial charge in [-0.05, 0) is 37.5 Å². The number of carbonyl (C=O) groups is 1. The zero-order valence-corrected chi connectivity index (χ0v) is 10.7. The molecule has 2 rings (SSSR count). The van der Waals surface area contributed by atoms with E-state index in [1.165, 1.54) is 6.07 Å². The van der Waals surface area contributed by atoms with Gasteiger partial charge in [-0.2, -0.15) is 0 Å². The summed E-state index contributed by atoms with van der Waals surface area (Å²) in [6, 6.07) is 4.76. The molecule has 0 aromatic heterocycles. The smallest absolute Gasteiger partial charge is 0.339 e. The Bertz CT molecular complexity index is 433. The van der Waals surface area contributed by atoms with Gasteiger partial charge in [-0.1, -0.05) is 15.9 Å². The molecule has 2 atom stereocenters. The van der Waals surface area contributed by atoms with Gasteiger partial charge in [0.2, 0.25) is 0 Å². The topological polar surface area (TPSA) is 66.8 Å². The Balaban J connectivity index is 2.24. The van der Waals surface area contributed by atoms with Gasteiger partial charge in [0.25, 0.3) is 0 Å². The molecule has 0 aliphatic heterocycles. The molecule has 4 nitrogen and oxygen atoms in total. The Morgan fingerprint density at radius 3 is 2.76 bits per heavy atom. The van der Waals surface area contributed by atoms with Crippen LogP contribution in [0.15, 0.2) is 22.7 Å². The van der Waals surface area contributed by atoms with E-state index < -0.39 is 12.1 Å². The van der Waals surface area contributed by atoms with E-state index in [0.717, 1.165) is 17.3 Å². The first-order valence-electron chi connectivity index (χ1n) is 5.45. The third kappa shape index (κ3) is 2.79. The first kappa shape index (κ1) is 12.4. The Labute approximate surface area is 107 Å². The molecule has 0 amide bonds. The van der Waals surface area contributed by atoms with E-state index in [0.29, 0.717) is 12.2 Å². The summed E-state index contributed by atoms with van der Waals surface area (Å²) < 4.78 is 6.35. The van der Waals surface area contributed by atoms with Crippen molar-refractivity contribution in [1.29, 1.82) is 0 Å². The highest BCUT2D eigenvalue weighted by Crippen LogP contribution is 2.29. The van der Waals surface area contributed by atoms with Gasteiger partial charge in [-0.25, -0.2) is 4.79 Å². The lowest BCUT2D eigenvalue weighted by Gasteiger charge is -2.18. The highest BCUT2D eigenvalue weighted by Gasteiger charge is 2.28. The number of carboxylic acids is 1. The zero-order chi connectivity index (χ0) is 12.4. The van der Waals surface area contributed by atoms with E-state index in [2.05, 4.69) is 15.9 Å². The third-order valence-corrected chi connectivity index (χ3v) is 3.36. The van der Waals surface area contributed by atoms with Crippen molar-refractivity contribution < 1.29 is 19.7 Å². The standard InChI is InChI=1S/C12H13BrO4/c13-7-4-5-8(12(15)16)11(6-7)17-10-3-1-2-9(10)14/h4-6,9-10,14H,1-3H2,(H,15,16). The average Bonchev–Trinajstić information content (AvgIpc) is 2.64. The van der Waals surface area contributed by atoms with Crippen LogP contribution in [0.25, 0.3) is 0 Å². The minimum absolute atomic E-state index is 0.118. The summed E-state index contributed by atoms with van der Waals surface area (Å²) in [6.07, 6.45) is 1.56. The van der Waals surface area contributed by atoms with Crippen LogP contribution in [-0.4, -0.2) is 28.4 Å². The zero-order valence-electron chi connectivity index (χ0n) is 9.10. The van der Waals surface area contributed by atoms with Crippen molar-refractivity contribution in [1.82, 2.24) is 0 Å². The number of aromatic carboxylic acids is 1. The number of rotatable bonds is 3. The molecule has 1 aliphatic carbocycles. The molecule has 0 heterocycles. The molecule has 1 fully saturated rings. The van der Waals surface area contributed by atoms with Crippen LogP contribution in [0.3, 0.4) is 0 Å². The average molecular weight is 301 g/mol. The number of halogens is 1. The first-order valence-corrected chi connectivity index (χ1v) is 6.25. The lowest BCUT2D eigenvalue weighted by atomic mass is 10.2. The molecule has 1 aromatic rings. The van der Waals surface area contributed by atoms with Gasteiger partial charge < -0.3 is 14.9 Å². The van der Waals surface area contributed by atoms with Crippen LogP contribution in [-0.2, 0) is 0 Å². The second-order valence-electron chi connectivity index (χ2n) is 4.10. The summed E-state index contributed by atoms with van der Waals surface area (Å²) in [7, 11) is 0. The molecule has 0 saturated heterocycles. The number of aliphatic hydroxyl groups excluding tert-OH is 1. The monoisotopic (exact) mass is 300 g/mol. The van der Waals surface area contributed by atoms with E-state index in [4.69, 9.17) is 9.84 Å². The maximum absolute atomic E-state index is 11.0. The molecule has 92 valence electrons. The summed E-state index contributed by atoms with van der Waals surface area (Å²) in [6.45, 7) is 0. The molecule has 5 heteroatoms. The van der Waals surface area contributed by atoms with Gasteiger partial charge in [0.1, 0.15) is 17.4 Å². The minimum Gasteiger partial charge on any atom is -0.487 e. The maximum atomic E-state index is 11.0. The molecule has 2 N–H and O–H groups in total. The third-order valence-electron chi connectivity index (χ3n) is 2.87. The SMILES string of the molecule is O=C(O)c1ccc(Br)cc1OC1CCCC1O. The lowest BCUT2D eigenvalue weighted by molar-refractivity contribution is 0.0560. The van der Waals surface area contributed by atoms with E-state index in [1.54, 1.807) is 12.1 Å². The lowest BCUT2D eigenvalue weighted by Crippen LogP contribution is -2.26. The van der Waals surface area contributed by atoms with Crippen molar-refractivity contribution in [3.05, 3.63) is 28.2 Å². The van der Waals surface area contributed by atoms with Crippen LogP contribution in [0.5, 0.6) is 5.75 Å². The first-order chi connectivity index (χ1) is 8.08. The van der Waals surface area contributed by atoms with Crippen molar-refractivity contribution in [2.24, 2.45) is 0 Å². The van der Waals surface area contributed by atoms with Crippen LogP contribution in [0, 0.1) is 0 Å². The predicted molar refractivity (Wildman–Crippen MR) is 65.4 cm³/mol. The maximum Gasteiger partial charge on any atom is 0.339 e. The number of ether oxygens (including phenoxy) is 1. The quantitative estimate of drug-likeness (QED) is 0.900. The number of carboxylic acid groups (broad SMARTS) is 1. The van der Waals surface area contributed by atoms with E-state index in [9.17, 15) is 9.90 Å². The number of hydrogen-bond donors (Lipinski definition) is 2. The van der Waals surface area contributed by atoms with Gasteiger partial charge in [0, 0.05) is 4.47 Å².